The first-order valence-electron chi connectivity index (χ1n) is 11.1. The number of fused-ring (bicyclic) bond motifs is 1. The number of carbonyl (C=O) groups excluding carboxylic acids is 1. The predicted octanol–water partition coefficient (Wildman–Crippen LogP) is 5.44. The first kappa shape index (κ1) is 24.0. The molecule has 0 radical (unpaired) electrons. The number of hydrogen-bond acceptors (Lipinski definition) is 4. The average molecular weight is 496 g/mol. The van der Waals surface area contributed by atoms with Crippen molar-refractivity contribution in [3.8, 4) is 11.1 Å². The molecule has 0 aliphatic heterocycles. The van der Waals surface area contributed by atoms with Crippen molar-refractivity contribution >= 4 is 38.6 Å². The second kappa shape index (κ2) is 9.99. The van der Waals surface area contributed by atoms with Crippen LogP contribution in [0.1, 0.15) is 41.5 Å². The molecule has 1 amide bonds. The van der Waals surface area contributed by atoms with Gasteiger partial charge in [0.25, 0.3) is 5.91 Å². The largest absolute Gasteiger partial charge is 0.323 e. The molecule has 0 aliphatic rings. The zero-order valence-corrected chi connectivity index (χ0v) is 20.7. The van der Waals surface area contributed by atoms with Gasteiger partial charge in [0.2, 0.25) is 10.0 Å². The minimum Gasteiger partial charge on any atom is -0.323 e. The minimum atomic E-state index is -3.66. The van der Waals surface area contributed by atoms with Crippen LogP contribution in [0.2, 0.25) is 5.02 Å². The van der Waals surface area contributed by atoms with Gasteiger partial charge in [-0.15, -0.1) is 0 Å². The molecule has 0 bridgehead atoms. The number of nitrogens with one attached hydrogen (secondary N) is 1. The molecule has 3 aromatic carbocycles. The summed E-state index contributed by atoms with van der Waals surface area (Å²) in [4.78, 5) is 17.3. The molecule has 34 heavy (non-hydrogen) atoms. The number of amides is 1. The van der Waals surface area contributed by atoms with Crippen LogP contribution in [0.3, 0.4) is 0 Å². The summed E-state index contributed by atoms with van der Waals surface area (Å²) in [5.41, 5.74) is 4.81. The van der Waals surface area contributed by atoms with E-state index in [-0.39, 0.29) is 0 Å². The van der Waals surface area contributed by atoms with Crippen LogP contribution < -0.4 is 4.72 Å². The molecule has 4 rings (SSSR count). The number of hydrogen-bond donors (Lipinski definition) is 1. The summed E-state index contributed by atoms with van der Waals surface area (Å²) in [5.74, 6) is 0.385. The molecule has 0 saturated heterocycles. The molecule has 176 valence electrons. The van der Waals surface area contributed by atoms with Gasteiger partial charge in [0.05, 0.1) is 17.3 Å². The number of carbonyl (C=O) groups is 1. The monoisotopic (exact) mass is 495 g/mol. The van der Waals surface area contributed by atoms with E-state index in [0.29, 0.717) is 22.7 Å². The van der Waals surface area contributed by atoms with Crippen LogP contribution in [-0.4, -0.2) is 30.1 Å². The summed E-state index contributed by atoms with van der Waals surface area (Å²) in [6.45, 7) is 2.81. The summed E-state index contributed by atoms with van der Waals surface area (Å²) in [6, 6.07) is 20.6. The van der Waals surface area contributed by atoms with Crippen LogP contribution >= 0.6 is 11.6 Å². The lowest BCUT2D eigenvalue weighted by Crippen LogP contribution is -2.29. The fourth-order valence-corrected chi connectivity index (χ4v) is 4.59. The van der Waals surface area contributed by atoms with Crippen molar-refractivity contribution in [2.24, 2.45) is 0 Å². The molecule has 1 heterocycles. The Hall–Kier alpha value is -3.16. The molecule has 6 nitrogen and oxygen atoms in total. The molecule has 4 aromatic rings. The Bertz CT molecular complexity index is 1440. The van der Waals surface area contributed by atoms with Crippen LogP contribution in [0.25, 0.3) is 22.2 Å². The first-order valence-corrected chi connectivity index (χ1v) is 13.4. The smallest absolute Gasteiger partial charge is 0.265 e. The molecule has 1 N–H and O–H groups in total. The molecule has 0 spiro atoms. The Kier molecular flexibility index (Phi) is 7.05. The summed E-state index contributed by atoms with van der Waals surface area (Å²) in [7, 11) is -3.66. The van der Waals surface area contributed by atoms with Crippen LogP contribution in [0.15, 0.2) is 66.7 Å². The maximum Gasteiger partial charge on any atom is 0.265 e. The van der Waals surface area contributed by atoms with Crippen molar-refractivity contribution < 1.29 is 13.2 Å². The fraction of sp³-hybridized carbons (Fsp3) is 0.231. The van der Waals surface area contributed by atoms with Crippen molar-refractivity contribution in [3.05, 3.63) is 88.7 Å². The molecule has 1 aromatic heterocycles. The maximum absolute atomic E-state index is 12.5. The van der Waals surface area contributed by atoms with E-state index in [1.165, 1.54) is 0 Å². The van der Waals surface area contributed by atoms with E-state index in [2.05, 4.69) is 11.5 Å². The maximum atomic E-state index is 12.5. The van der Waals surface area contributed by atoms with Gasteiger partial charge in [0.1, 0.15) is 5.82 Å². The highest BCUT2D eigenvalue weighted by Crippen LogP contribution is 2.26. The van der Waals surface area contributed by atoms with Gasteiger partial charge in [0.15, 0.2) is 0 Å². The lowest BCUT2D eigenvalue weighted by molar-refractivity contribution is 0.0982. The first-order chi connectivity index (χ1) is 16.2. The standard InChI is InChI=1S/C26H26ClN3O3S/c1-3-4-9-25-28-23-15-14-20(27)16-24(23)30(25)17-18-10-12-19(13-11-18)21-7-5-6-8-22(21)26(31)29-34(2,32)33/h5-8,10-16H,3-4,9,17H2,1-2H3,(H,29,31). The number of aromatic nitrogens is 2. The van der Waals surface area contributed by atoms with E-state index in [0.717, 1.165) is 53.5 Å². The Balaban J connectivity index is 1.65. The second-order valence-electron chi connectivity index (χ2n) is 8.30. The van der Waals surface area contributed by atoms with E-state index in [4.69, 9.17) is 16.6 Å². The van der Waals surface area contributed by atoms with Crippen LogP contribution in [0.5, 0.6) is 0 Å². The zero-order chi connectivity index (χ0) is 24.3. The number of imidazole rings is 1. The van der Waals surface area contributed by atoms with Gasteiger partial charge < -0.3 is 4.57 Å². The number of sulfonamides is 1. The van der Waals surface area contributed by atoms with E-state index in [1.807, 2.05) is 53.3 Å². The lowest BCUT2D eigenvalue weighted by Gasteiger charge is -2.12. The Morgan fingerprint density at radius 3 is 2.50 bits per heavy atom. The lowest BCUT2D eigenvalue weighted by atomic mass is 9.98. The molecule has 0 aliphatic carbocycles. The highest BCUT2D eigenvalue weighted by atomic mass is 35.5. The van der Waals surface area contributed by atoms with Crippen LogP contribution in [-0.2, 0) is 23.0 Å². The molecular formula is C26H26ClN3O3S. The predicted molar refractivity (Wildman–Crippen MR) is 137 cm³/mol. The minimum absolute atomic E-state index is 0.303. The van der Waals surface area contributed by atoms with Crippen molar-refractivity contribution in [1.82, 2.24) is 14.3 Å². The Morgan fingerprint density at radius 1 is 1.06 bits per heavy atom. The highest BCUT2D eigenvalue weighted by Gasteiger charge is 2.16. The zero-order valence-electron chi connectivity index (χ0n) is 19.1. The van der Waals surface area contributed by atoms with Crippen molar-refractivity contribution in [2.45, 2.75) is 32.7 Å². The quantitative estimate of drug-likeness (QED) is 0.353. The van der Waals surface area contributed by atoms with Gasteiger partial charge in [0, 0.05) is 23.6 Å². The third kappa shape index (κ3) is 5.48. The van der Waals surface area contributed by atoms with Crippen molar-refractivity contribution in [2.75, 3.05) is 6.26 Å². The number of benzene rings is 3. The van der Waals surface area contributed by atoms with E-state index >= 15 is 0 Å². The summed E-state index contributed by atoms with van der Waals surface area (Å²) in [6.07, 6.45) is 4.00. The number of halogens is 1. The van der Waals surface area contributed by atoms with Crippen molar-refractivity contribution in [1.29, 1.82) is 0 Å². The van der Waals surface area contributed by atoms with Crippen LogP contribution in [0, 0.1) is 0 Å². The SMILES string of the molecule is CCCCc1nc2ccc(Cl)cc2n1Cc1ccc(-c2ccccc2C(=O)NS(C)(=O)=O)cc1. The van der Waals surface area contributed by atoms with Crippen molar-refractivity contribution in [3.63, 3.8) is 0 Å². The molecule has 0 unspecified atom stereocenters. The van der Waals surface area contributed by atoms with Gasteiger partial charge in [-0.25, -0.2) is 18.1 Å². The topological polar surface area (TPSA) is 81.1 Å². The molecule has 0 fully saturated rings. The number of nitrogens with zero attached hydrogens (tertiary/aromatic N) is 2. The van der Waals surface area contributed by atoms with E-state index < -0.39 is 15.9 Å². The highest BCUT2D eigenvalue weighted by molar-refractivity contribution is 7.89. The molecular weight excluding hydrogens is 470 g/mol. The normalized spacial score (nSPS) is 11.6. The van der Waals surface area contributed by atoms with E-state index in [1.54, 1.807) is 18.2 Å². The Morgan fingerprint density at radius 2 is 1.79 bits per heavy atom. The third-order valence-electron chi connectivity index (χ3n) is 5.60. The van der Waals surface area contributed by atoms with Crippen LogP contribution in [0.4, 0.5) is 0 Å². The van der Waals surface area contributed by atoms with Gasteiger partial charge in [-0.2, -0.15) is 0 Å². The molecule has 0 atom stereocenters. The van der Waals surface area contributed by atoms with Gasteiger partial charge in [-0.1, -0.05) is 67.4 Å². The third-order valence-corrected chi connectivity index (χ3v) is 6.39. The molecule has 0 saturated carbocycles. The Labute approximate surface area is 204 Å². The summed E-state index contributed by atoms with van der Waals surface area (Å²) >= 11 is 6.26. The fourth-order valence-electron chi connectivity index (χ4n) is 3.98. The average Bonchev–Trinajstić information content (AvgIpc) is 3.13. The number of unbranched alkanes of at least 4 members (excludes halogenated alkanes) is 1. The number of aryl methyl sites for hydroxylation is 1. The van der Waals surface area contributed by atoms with E-state index in [9.17, 15) is 13.2 Å². The summed E-state index contributed by atoms with van der Waals surface area (Å²) < 4.78 is 27.3. The second-order valence-corrected chi connectivity index (χ2v) is 10.5. The summed E-state index contributed by atoms with van der Waals surface area (Å²) in [5, 5.41) is 0.676. The number of rotatable bonds is 8. The van der Waals surface area contributed by atoms with Gasteiger partial charge in [-0.05, 0) is 47.4 Å². The van der Waals surface area contributed by atoms with Gasteiger partial charge >= 0.3 is 0 Å². The molecule has 8 heteroatoms. The van der Waals surface area contributed by atoms with Gasteiger partial charge in [-0.3, -0.25) is 4.79 Å².